The van der Waals surface area contributed by atoms with Gasteiger partial charge in [-0.1, -0.05) is 20.8 Å². The van der Waals surface area contributed by atoms with Crippen molar-refractivity contribution in [2.24, 2.45) is 46.3 Å². The zero-order valence-electron chi connectivity index (χ0n) is 17.9. The van der Waals surface area contributed by atoms with Crippen LogP contribution in [-0.2, 0) is 4.79 Å². The van der Waals surface area contributed by atoms with Crippen LogP contribution in [0.15, 0.2) is 0 Å². The second kappa shape index (κ2) is 7.27. The molecule has 4 fully saturated rings. The van der Waals surface area contributed by atoms with Gasteiger partial charge in [0.1, 0.15) is 0 Å². The number of aliphatic carboxylic acids is 1. The van der Waals surface area contributed by atoms with Crippen LogP contribution < -0.4 is 0 Å². The lowest BCUT2D eigenvalue weighted by Crippen LogP contribution is -2.58. The fraction of sp³-hybridized carbons (Fsp3) is 0.958. The Labute approximate surface area is 170 Å². The average molecular weight is 393 g/mol. The first-order chi connectivity index (χ1) is 13.2. The van der Waals surface area contributed by atoms with Crippen molar-refractivity contribution in [3.63, 3.8) is 0 Å². The van der Waals surface area contributed by atoms with Gasteiger partial charge in [0.2, 0.25) is 0 Å². The fourth-order valence-corrected chi connectivity index (χ4v) is 8.81. The van der Waals surface area contributed by atoms with Gasteiger partial charge in [-0.3, -0.25) is 4.79 Å². The maximum Gasteiger partial charge on any atom is 0.303 e. The van der Waals surface area contributed by atoms with Gasteiger partial charge >= 0.3 is 5.97 Å². The highest BCUT2D eigenvalue weighted by atomic mass is 16.4. The average Bonchev–Trinajstić information content (AvgIpc) is 2.99. The van der Waals surface area contributed by atoms with Crippen molar-refractivity contribution in [3.8, 4) is 0 Å². The molecular formula is C24H40O4. The van der Waals surface area contributed by atoms with E-state index >= 15 is 0 Å². The minimum Gasteiger partial charge on any atom is -0.481 e. The van der Waals surface area contributed by atoms with Crippen molar-refractivity contribution in [1.82, 2.24) is 0 Å². The molecule has 0 aromatic rings. The highest BCUT2D eigenvalue weighted by Crippen LogP contribution is 2.68. The number of carboxylic acid groups (broad SMARTS) is 1. The van der Waals surface area contributed by atoms with Gasteiger partial charge in [-0.2, -0.15) is 0 Å². The van der Waals surface area contributed by atoms with Crippen LogP contribution in [0.1, 0.15) is 85.0 Å². The van der Waals surface area contributed by atoms with Crippen LogP contribution in [0, 0.1) is 46.3 Å². The number of hydrogen-bond donors (Lipinski definition) is 3. The van der Waals surface area contributed by atoms with Crippen LogP contribution in [0.3, 0.4) is 0 Å². The number of carboxylic acids is 1. The molecule has 0 spiro atoms. The van der Waals surface area contributed by atoms with E-state index in [1.807, 2.05) is 0 Å². The van der Waals surface area contributed by atoms with Crippen molar-refractivity contribution in [3.05, 3.63) is 0 Å². The maximum atomic E-state index is 11.1. The van der Waals surface area contributed by atoms with Crippen LogP contribution in [0.4, 0.5) is 0 Å². The Morgan fingerprint density at radius 1 is 0.964 bits per heavy atom. The molecule has 4 aliphatic rings. The molecule has 4 saturated carbocycles. The van der Waals surface area contributed by atoms with Crippen LogP contribution >= 0.6 is 0 Å². The van der Waals surface area contributed by atoms with E-state index in [-0.39, 0.29) is 30.0 Å². The van der Waals surface area contributed by atoms with E-state index in [1.54, 1.807) is 0 Å². The molecule has 0 radical (unpaired) electrons. The molecule has 0 amide bonds. The van der Waals surface area contributed by atoms with Gasteiger partial charge in [-0.25, -0.2) is 0 Å². The third kappa shape index (κ3) is 3.14. The van der Waals surface area contributed by atoms with Gasteiger partial charge in [-0.15, -0.1) is 0 Å². The third-order valence-electron chi connectivity index (χ3n) is 10.2. The Hall–Kier alpha value is -0.610. The molecule has 28 heavy (non-hydrogen) atoms. The van der Waals surface area contributed by atoms with Gasteiger partial charge in [0, 0.05) is 6.42 Å². The lowest BCUT2D eigenvalue weighted by atomic mass is 9.44. The minimum absolute atomic E-state index is 0.176. The number of aliphatic hydroxyl groups excluding tert-OH is 2. The Balaban J connectivity index is 1.55. The van der Waals surface area contributed by atoms with Crippen LogP contribution in [0.5, 0.6) is 0 Å². The summed E-state index contributed by atoms with van der Waals surface area (Å²) in [6, 6.07) is 0. The SMILES string of the molecule is C[C@@H](CCC(=O)O)C1CCC2C3C[C@H](O)[C@@H]4C[C@H](O)CC[C@]4(C)C3CC[C@@]21C. The van der Waals surface area contributed by atoms with Crippen LogP contribution in [0.25, 0.3) is 0 Å². The smallest absolute Gasteiger partial charge is 0.303 e. The second-order valence-corrected chi connectivity index (χ2v) is 11.4. The molecule has 10 atom stereocenters. The predicted molar refractivity (Wildman–Crippen MR) is 109 cm³/mol. The summed E-state index contributed by atoms with van der Waals surface area (Å²) in [5.74, 6) is 2.61. The molecule has 0 saturated heterocycles. The fourth-order valence-electron chi connectivity index (χ4n) is 8.81. The van der Waals surface area contributed by atoms with Gasteiger partial charge in [0.05, 0.1) is 12.2 Å². The molecule has 4 aliphatic carbocycles. The second-order valence-electron chi connectivity index (χ2n) is 11.4. The Morgan fingerprint density at radius 3 is 2.36 bits per heavy atom. The van der Waals surface area contributed by atoms with Crippen LogP contribution in [0.2, 0.25) is 0 Å². The molecule has 0 aromatic carbocycles. The molecule has 4 heteroatoms. The van der Waals surface area contributed by atoms with Crippen molar-refractivity contribution in [2.75, 3.05) is 0 Å². The summed E-state index contributed by atoms with van der Waals surface area (Å²) in [5.41, 5.74) is 0.478. The topological polar surface area (TPSA) is 77.8 Å². The summed E-state index contributed by atoms with van der Waals surface area (Å²) in [6.07, 6.45) is 9.16. The van der Waals surface area contributed by atoms with E-state index in [1.165, 1.54) is 25.7 Å². The predicted octanol–water partition coefficient (Wildman–Crippen LogP) is 4.48. The standard InChI is InChI=1S/C24H40O4/c1-14(4-7-22(27)28)17-5-6-18-16-13-21(26)20-12-15(25)8-10-24(20,3)19(16)9-11-23(17,18)2/h14-21,25-26H,4-13H2,1-3H3,(H,27,28)/t14-,15+,16?,17?,18?,19?,20-,21-,23+,24+/m0/s1. The summed E-state index contributed by atoms with van der Waals surface area (Å²) in [6.45, 7) is 7.16. The molecule has 3 N–H and O–H groups in total. The number of aliphatic hydroxyl groups is 2. The van der Waals surface area contributed by atoms with Crippen molar-refractivity contribution >= 4 is 5.97 Å². The first-order valence-corrected chi connectivity index (χ1v) is 11.7. The quantitative estimate of drug-likeness (QED) is 0.659. The zero-order chi connectivity index (χ0) is 20.3. The minimum atomic E-state index is -0.677. The summed E-state index contributed by atoms with van der Waals surface area (Å²) < 4.78 is 0. The third-order valence-corrected chi connectivity index (χ3v) is 10.2. The summed E-state index contributed by atoms with van der Waals surface area (Å²) in [7, 11) is 0. The number of carbonyl (C=O) groups is 1. The van der Waals surface area contributed by atoms with Crippen molar-refractivity contribution < 1.29 is 20.1 Å². The summed E-state index contributed by atoms with van der Waals surface area (Å²) >= 11 is 0. The highest BCUT2D eigenvalue weighted by Gasteiger charge is 2.62. The first kappa shape index (κ1) is 20.7. The molecule has 0 aromatic heterocycles. The monoisotopic (exact) mass is 392 g/mol. The molecular weight excluding hydrogens is 352 g/mol. The normalized spacial score (nSPS) is 51.7. The molecule has 0 heterocycles. The van der Waals surface area contributed by atoms with Gasteiger partial charge in [0.15, 0.2) is 0 Å². The van der Waals surface area contributed by atoms with Gasteiger partial charge in [-0.05, 0) is 104 Å². The van der Waals surface area contributed by atoms with E-state index < -0.39 is 5.97 Å². The molecule has 160 valence electrons. The molecule has 4 unspecified atom stereocenters. The van der Waals surface area contributed by atoms with Gasteiger partial charge in [0.25, 0.3) is 0 Å². The lowest BCUT2D eigenvalue weighted by molar-refractivity contribution is -0.172. The van der Waals surface area contributed by atoms with E-state index in [0.717, 1.165) is 32.1 Å². The Morgan fingerprint density at radius 2 is 1.64 bits per heavy atom. The van der Waals surface area contributed by atoms with E-state index in [2.05, 4.69) is 20.8 Å². The Bertz CT molecular complexity index is 605. The van der Waals surface area contributed by atoms with E-state index in [4.69, 9.17) is 5.11 Å². The van der Waals surface area contributed by atoms with Gasteiger partial charge < -0.3 is 15.3 Å². The number of fused-ring (bicyclic) bond motifs is 5. The molecule has 0 aliphatic heterocycles. The van der Waals surface area contributed by atoms with Crippen molar-refractivity contribution in [2.45, 2.75) is 97.2 Å². The zero-order valence-corrected chi connectivity index (χ0v) is 17.9. The highest BCUT2D eigenvalue weighted by molar-refractivity contribution is 5.66. The maximum absolute atomic E-state index is 11.1. The molecule has 4 rings (SSSR count). The van der Waals surface area contributed by atoms with E-state index in [9.17, 15) is 15.0 Å². The van der Waals surface area contributed by atoms with E-state index in [0.29, 0.717) is 35.0 Å². The molecule has 4 nitrogen and oxygen atoms in total. The summed E-state index contributed by atoms with van der Waals surface area (Å²) in [4.78, 5) is 11.1. The first-order valence-electron chi connectivity index (χ1n) is 11.7. The number of rotatable bonds is 4. The van der Waals surface area contributed by atoms with Crippen molar-refractivity contribution in [1.29, 1.82) is 0 Å². The largest absolute Gasteiger partial charge is 0.481 e. The Kier molecular flexibility index (Phi) is 5.36. The number of hydrogen-bond acceptors (Lipinski definition) is 3. The van der Waals surface area contributed by atoms with Crippen LogP contribution in [-0.4, -0.2) is 33.5 Å². The molecule has 0 bridgehead atoms. The lowest BCUT2D eigenvalue weighted by Gasteiger charge is -2.62. The summed E-state index contributed by atoms with van der Waals surface area (Å²) in [5, 5.41) is 30.4.